The molecule has 0 aromatic heterocycles. The van der Waals surface area contributed by atoms with E-state index in [9.17, 15) is 4.79 Å². The molecule has 0 radical (unpaired) electrons. The van der Waals surface area contributed by atoms with Gasteiger partial charge in [0, 0.05) is 25.1 Å². The molecular weight excluding hydrogens is 234 g/mol. The molecule has 1 fully saturated rings. The summed E-state index contributed by atoms with van der Waals surface area (Å²) in [6.45, 7) is 1.04. The van der Waals surface area contributed by atoms with E-state index in [4.69, 9.17) is 14.6 Å². The normalized spacial score (nSPS) is 19.6. The predicted octanol–water partition coefficient (Wildman–Crippen LogP) is 1.65. The first-order valence-corrected chi connectivity index (χ1v) is 5.94. The second-order valence-corrected chi connectivity index (χ2v) is 4.27. The predicted molar refractivity (Wildman–Crippen MR) is 66.9 cm³/mol. The van der Waals surface area contributed by atoms with Gasteiger partial charge in [0.2, 0.25) is 0 Å². The molecule has 0 bridgehead atoms. The Labute approximate surface area is 106 Å². The minimum Gasteiger partial charge on any atom is -0.497 e. The Bertz CT molecular complexity index is 421. The van der Waals surface area contributed by atoms with E-state index in [0.717, 1.165) is 5.69 Å². The molecule has 1 saturated heterocycles. The Morgan fingerprint density at radius 1 is 1.56 bits per heavy atom. The van der Waals surface area contributed by atoms with Crippen LogP contribution in [0.3, 0.4) is 0 Å². The summed E-state index contributed by atoms with van der Waals surface area (Å²) >= 11 is 0. The van der Waals surface area contributed by atoms with E-state index in [2.05, 4.69) is 0 Å². The zero-order chi connectivity index (χ0) is 13.0. The fraction of sp³-hybridized carbons (Fsp3) is 0.462. The standard InChI is InChI=1S/C13H17NO4/c1-17-12-4-2-3-11(7-12)14-8-10(5-6-15)9-18-13(14)16/h2-4,7,10,15H,5-6,8-9H2,1H3. The molecule has 5 nitrogen and oxygen atoms in total. The molecule has 5 heteroatoms. The monoisotopic (exact) mass is 251 g/mol. The van der Waals surface area contributed by atoms with Crippen LogP contribution in [0.15, 0.2) is 24.3 Å². The molecule has 1 N–H and O–H groups in total. The summed E-state index contributed by atoms with van der Waals surface area (Å²) in [4.78, 5) is 13.3. The van der Waals surface area contributed by atoms with Gasteiger partial charge in [0.1, 0.15) is 5.75 Å². The number of nitrogens with zero attached hydrogens (tertiary/aromatic N) is 1. The molecule has 0 aliphatic carbocycles. The maximum absolute atomic E-state index is 11.7. The van der Waals surface area contributed by atoms with Gasteiger partial charge < -0.3 is 14.6 Å². The summed E-state index contributed by atoms with van der Waals surface area (Å²) in [6.07, 6.45) is 0.283. The molecule has 1 heterocycles. The van der Waals surface area contributed by atoms with Crippen molar-refractivity contribution in [2.75, 3.05) is 31.8 Å². The Morgan fingerprint density at radius 2 is 2.39 bits per heavy atom. The topological polar surface area (TPSA) is 59.0 Å². The van der Waals surface area contributed by atoms with Gasteiger partial charge in [-0.25, -0.2) is 4.79 Å². The lowest BCUT2D eigenvalue weighted by Gasteiger charge is -2.32. The quantitative estimate of drug-likeness (QED) is 0.884. The highest BCUT2D eigenvalue weighted by Gasteiger charge is 2.28. The molecule has 1 aromatic carbocycles. The van der Waals surface area contributed by atoms with Gasteiger partial charge in [-0.15, -0.1) is 0 Å². The number of hydrogen-bond donors (Lipinski definition) is 1. The van der Waals surface area contributed by atoms with E-state index in [-0.39, 0.29) is 18.6 Å². The van der Waals surface area contributed by atoms with Crippen LogP contribution in [-0.2, 0) is 4.74 Å². The van der Waals surface area contributed by atoms with Crippen molar-refractivity contribution in [1.29, 1.82) is 0 Å². The van der Waals surface area contributed by atoms with Crippen LogP contribution in [0.25, 0.3) is 0 Å². The average molecular weight is 251 g/mol. The van der Waals surface area contributed by atoms with Gasteiger partial charge in [-0.05, 0) is 18.6 Å². The first-order chi connectivity index (χ1) is 8.74. The lowest BCUT2D eigenvalue weighted by molar-refractivity contribution is 0.104. The number of methoxy groups -OCH3 is 1. The highest BCUT2D eigenvalue weighted by atomic mass is 16.6. The van der Waals surface area contributed by atoms with Crippen molar-refractivity contribution in [3.05, 3.63) is 24.3 Å². The average Bonchev–Trinajstić information content (AvgIpc) is 2.41. The molecular formula is C13H17NO4. The van der Waals surface area contributed by atoms with E-state index in [1.807, 2.05) is 18.2 Å². The van der Waals surface area contributed by atoms with E-state index >= 15 is 0 Å². The molecule has 18 heavy (non-hydrogen) atoms. The lowest BCUT2D eigenvalue weighted by Crippen LogP contribution is -2.43. The molecule has 1 aliphatic heterocycles. The maximum Gasteiger partial charge on any atom is 0.414 e. The molecule has 1 amide bonds. The summed E-state index contributed by atoms with van der Waals surface area (Å²) in [5.74, 6) is 0.864. The number of carbonyl (C=O) groups is 1. The fourth-order valence-corrected chi connectivity index (χ4v) is 2.00. The largest absolute Gasteiger partial charge is 0.497 e. The molecule has 98 valence electrons. The third kappa shape index (κ3) is 2.73. The Hall–Kier alpha value is -1.75. The smallest absolute Gasteiger partial charge is 0.414 e. The number of aliphatic hydroxyl groups is 1. The van der Waals surface area contributed by atoms with E-state index in [1.165, 1.54) is 0 Å². The van der Waals surface area contributed by atoms with Crippen LogP contribution >= 0.6 is 0 Å². The number of amides is 1. The second kappa shape index (κ2) is 5.73. The Kier molecular flexibility index (Phi) is 4.04. The van der Waals surface area contributed by atoms with Crippen molar-refractivity contribution in [1.82, 2.24) is 0 Å². The zero-order valence-corrected chi connectivity index (χ0v) is 10.3. The van der Waals surface area contributed by atoms with Gasteiger partial charge in [0.05, 0.1) is 19.4 Å². The summed E-state index contributed by atoms with van der Waals surface area (Å²) in [7, 11) is 1.59. The number of benzene rings is 1. The second-order valence-electron chi connectivity index (χ2n) is 4.27. The van der Waals surface area contributed by atoms with E-state index < -0.39 is 0 Å². The third-order valence-electron chi connectivity index (χ3n) is 3.01. The van der Waals surface area contributed by atoms with Crippen molar-refractivity contribution in [3.63, 3.8) is 0 Å². The highest BCUT2D eigenvalue weighted by Crippen LogP contribution is 2.25. The van der Waals surface area contributed by atoms with Crippen molar-refractivity contribution in [2.24, 2.45) is 5.92 Å². The van der Waals surface area contributed by atoms with Gasteiger partial charge in [-0.1, -0.05) is 6.07 Å². The number of cyclic esters (lactones) is 1. The highest BCUT2D eigenvalue weighted by molar-refractivity contribution is 5.88. The molecule has 1 aliphatic rings. The van der Waals surface area contributed by atoms with Gasteiger partial charge in [-0.3, -0.25) is 4.90 Å². The Morgan fingerprint density at radius 3 is 3.11 bits per heavy atom. The zero-order valence-electron chi connectivity index (χ0n) is 10.3. The number of ether oxygens (including phenoxy) is 2. The summed E-state index contributed by atoms with van der Waals surface area (Å²) in [5.41, 5.74) is 0.752. The van der Waals surface area contributed by atoms with Crippen LogP contribution in [0, 0.1) is 5.92 Å². The van der Waals surface area contributed by atoms with Crippen LogP contribution in [0.2, 0.25) is 0 Å². The first-order valence-electron chi connectivity index (χ1n) is 5.94. The van der Waals surface area contributed by atoms with Gasteiger partial charge in [0.15, 0.2) is 0 Å². The van der Waals surface area contributed by atoms with Crippen LogP contribution in [0.5, 0.6) is 5.75 Å². The summed E-state index contributed by atoms with van der Waals surface area (Å²) in [6, 6.07) is 7.29. The van der Waals surface area contributed by atoms with E-state index in [0.29, 0.717) is 25.3 Å². The minimum absolute atomic E-state index is 0.105. The van der Waals surface area contributed by atoms with Gasteiger partial charge >= 0.3 is 6.09 Å². The van der Waals surface area contributed by atoms with Crippen molar-refractivity contribution in [2.45, 2.75) is 6.42 Å². The van der Waals surface area contributed by atoms with Crippen molar-refractivity contribution < 1.29 is 19.4 Å². The van der Waals surface area contributed by atoms with Crippen molar-refractivity contribution in [3.8, 4) is 5.75 Å². The summed E-state index contributed by atoms with van der Waals surface area (Å²) < 4.78 is 10.3. The van der Waals surface area contributed by atoms with E-state index in [1.54, 1.807) is 18.1 Å². The number of anilines is 1. The maximum atomic E-state index is 11.7. The van der Waals surface area contributed by atoms with Crippen LogP contribution in [0.1, 0.15) is 6.42 Å². The molecule has 1 unspecified atom stereocenters. The Balaban J connectivity index is 2.15. The number of hydrogen-bond acceptors (Lipinski definition) is 4. The number of carbonyl (C=O) groups excluding carboxylic acids is 1. The third-order valence-corrected chi connectivity index (χ3v) is 3.01. The van der Waals surface area contributed by atoms with Crippen LogP contribution in [-0.4, -0.2) is 38.1 Å². The molecule has 1 atom stereocenters. The fourth-order valence-electron chi connectivity index (χ4n) is 2.00. The van der Waals surface area contributed by atoms with Crippen molar-refractivity contribution >= 4 is 11.8 Å². The first kappa shape index (κ1) is 12.7. The minimum atomic E-state index is -0.350. The summed E-state index contributed by atoms with van der Waals surface area (Å²) in [5, 5.41) is 8.94. The van der Waals surface area contributed by atoms with Gasteiger partial charge in [-0.2, -0.15) is 0 Å². The van der Waals surface area contributed by atoms with Crippen LogP contribution in [0.4, 0.5) is 10.5 Å². The molecule has 0 spiro atoms. The van der Waals surface area contributed by atoms with Crippen LogP contribution < -0.4 is 9.64 Å². The lowest BCUT2D eigenvalue weighted by atomic mass is 10.1. The molecule has 2 rings (SSSR count). The SMILES string of the molecule is COc1cccc(N2CC(CCO)COC2=O)c1. The van der Waals surface area contributed by atoms with Gasteiger partial charge in [0.25, 0.3) is 0 Å². The molecule has 1 aromatic rings. The number of rotatable bonds is 4. The molecule has 0 saturated carbocycles. The number of aliphatic hydroxyl groups excluding tert-OH is 1.